The predicted octanol–water partition coefficient (Wildman–Crippen LogP) is 4.15. The molecule has 1 atom stereocenters. The van der Waals surface area contributed by atoms with Gasteiger partial charge in [-0.05, 0) is 42.2 Å². The van der Waals surface area contributed by atoms with Crippen LogP contribution < -0.4 is 5.73 Å². The van der Waals surface area contributed by atoms with Gasteiger partial charge in [-0.3, -0.25) is 9.12 Å². The Morgan fingerprint density at radius 2 is 1.74 bits per heavy atom. The summed E-state index contributed by atoms with van der Waals surface area (Å²) >= 11 is 0. The number of benzene rings is 2. The van der Waals surface area contributed by atoms with Gasteiger partial charge in [0.05, 0.1) is 17.5 Å². The molecule has 1 unspecified atom stereocenters. The van der Waals surface area contributed by atoms with E-state index in [0.717, 1.165) is 23.0 Å². The zero-order valence-corrected chi connectivity index (χ0v) is 16.5. The minimum Gasteiger partial charge on any atom is -0.369 e. The summed E-state index contributed by atoms with van der Waals surface area (Å²) in [6, 6.07) is 18.5. The Morgan fingerprint density at radius 3 is 2.33 bits per heavy atom. The summed E-state index contributed by atoms with van der Waals surface area (Å²) in [7, 11) is -3.67. The third-order valence-corrected chi connectivity index (χ3v) is 4.16. The molecule has 27 heavy (non-hydrogen) atoms. The Bertz CT molecular complexity index is 1010. The van der Waals surface area contributed by atoms with E-state index in [1.807, 2.05) is 47.2 Å². The topological polar surface area (TPSA) is 97.7 Å². The summed E-state index contributed by atoms with van der Waals surface area (Å²) in [5.41, 5.74) is 9.46. The van der Waals surface area contributed by atoms with Crippen LogP contribution >= 0.6 is 0 Å². The molecule has 0 radical (unpaired) electrons. The van der Waals surface area contributed by atoms with Crippen molar-refractivity contribution in [2.75, 3.05) is 6.26 Å². The normalized spacial score (nSPS) is 13.1. The van der Waals surface area contributed by atoms with E-state index in [2.05, 4.69) is 37.0 Å². The summed E-state index contributed by atoms with van der Waals surface area (Å²) in [4.78, 5) is 4.54. The van der Waals surface area contributed by atoms with Gasteiger partial charge in [-0.1, -0.05) is 44.2 Å². The fraction of sp³-hybridized carbons (Fsp3) is 0.250. The molecular formula is C20H25N3O3S. The molecular weight excluding hydrogens is 362 g/mol. The van der Waals surface area contributed by atoms with Gasteiger partial charge in [0.25, 0.3) is 10.1 Å². The second-order valence-corrected chi connectivity index (χ2v) is 7.81. The Balaban J connectivity index is 0.000000465. The van der Waals surface area contributed by atoms with Gasteiger partial charge in [0.15, 0.2) is 0 Å². The number of nitrogens with zero attached hydrogens (tertiary/aromatic N) is 2. The molecule has 0 amide bonds. The lowest BCUT2D eigenvalue weighted by Crippen LogP contribution is -2.20. The van der Waals surface area contributed by atoms with E-state index in [-0.39, 0.29) is 0 Å². The van der Waals surface area contributed by atoms with E-state index in [1.54, 1.807) is 0 Å². The Kier molecular flexibility index (Phi) is 6.76. The maximum atomic E-state index is 9.19. The summed E-state index contributed by atoms with van der Waals surface area (Å²) in [5.74, 6) is 1.06. The second-order valence-electron chi connectivity index (χ2n) is 6.35. The first kappa shape index (κ1) is 20.7. The van der Waals surface area contributed by atoms with Crippen LogP contribution in [-0.2, 0) is 10.1 Å². The molecule has 3 N–H and O–H groups in total. The first-order valence-corrected chi connectivity index (χ1v) is 10.5. The second kappa shape index (κ2) is 8.83. The summed E-state index contributed by atoms with van der Waals surface area (Å²) in [6.07, 6.45) is 3.81. The molecule has 3 aromatic rings. The van der Waals surface area contributed by atoms with Crippen LogP contribution in [0.15, 0.2) is 65.8 Å². The van der Waals surface area contributed by atoms with Crippen molar-refractivity contribution in [1.82, 2.24) is 4.57 Å². The molecule has 2 aromatic carbocycles. The Morgan fingerprint density at radius 1 is 1.15 bits per heavy atom. The van der Waals surface area contributed by atoms with Crippen molar-refractivity contribution in [1.29, 1.82) is 0 Å². The molecule has 0 aliphatic heterocycles. The molecule has 0 aliphatic rings. The molecule has 7 heteroatoms. The maximum absolute atomic E-state index is 9.19. The van der Waals surface area contributed by atoms with Gasteiger partial charge in [-0.2, -0.15) is 8.42 Å². The zero-order valence-electron chi connectivity index (χ0n) is 15.7. The molecule has 0 spiro atoms. The number of hydrogen-bond acceptors (Lipinski definition) is 3. The number of para-hydroxylation sites is 1. The van der Waals surface area contributed by atoms with Crippen molar-refractivity contribution in [3.8, 4) is 0 Å². The fourth-order valence-corrected chi connectivity index (χ4v) is 2.58. The molecule has 0 fully saturated rings. The van der Waals surface area contributed by atoms with Gasteiger partial charge < -0.3 is 5.73 Å². The van der Waals surface area contributed by atoms with Gasteiger partial charge in [0.1, 0.15) is 0 Å². The molecule has 1 heterocycles. The molecule has 0 saturated heterocycles. The minimum atomic E-state index is -3.67. The minimum absolute atomic E-state index is 0.484. The van der Waals surface area contributed by atoms with Crippen molar-refractivity contribution < 1.29 is 13.0 Å². The summed E-state index contributed by atoms with van der Waals surface area (Å²) in [6.45, 7) is 4.43. The number of aliphatic imine (C=N–C) groups is 1. The SMILES string of the molecule is CCC(C)c1ccc(N=C(N)n2ccc3ccccc32)cc1.CS(=O)(=O)O. The average Bonchev–Trinajstić information content (AvgIpc) is 3.04. The predicted molar refractivity (Wildman–Crippen MR) is 111 cm³/mol. The third kappa shape index (κ3) is 6.23. The molecule has 0 saturated carbocycles. The monoisotopic (exact) mass is 387 g/mol. The lowest BCUT2D eigenvalue weighted by atomic mass is 9.99. The Hall–Kier alpha value is -2.64. The van der Waals surface area contributed by atoms with Crippen LogP contribution in [0.1, 0.15) is 31.7 Å². The van der Waals surface area contributed by atoms with Crippen LogP contribution in [0.3, 0.4) is 0 Å². The molecule has 0 bridgehead atoms. The van der Waals surface area contributed by atoms with E-state index < -0.39 is 10.1 Å². The first-order valence-electron chi connectivity index (χ1n) is 8.62. The number of fused-ring (bicyclic) bond motifs is 1. The smallest absolute Gasteiger partial charge is 0.261 e. The molecule has 6 nitrogen and oxygen atoms in total. The highest BCUT2D eigenvalue weighted by molar-refractivity contribution is 7.85. The van der Waals surface area contributed by atoms with Gasteiger partial charge in [-0.15, -0.1) is 0 Å². The molecule has 144 valence electrons. The van der Waals surface area contributed by atoms with Crippen molar-refractivity contribution in [3.63, 3.8) is 0 Å². The van der Waals surface area contributed by atoms with Gasteiger partial charge in [0, 0.05) is 11.6 Å². The van der Waals surface area contributed by atoms with E-state index in [9.17, 15) is 8.42 Å². The first-order chi connectivity index (χ1) is 12.7. The highest BCUT2D eigenvalue weighted by Gasteiger charge is 2.05. The quantitative estimate of drug-likeness (QED) is 0.401. The van der Waals surface area contributed by atoms with Crippen molar-refractivity contribution in [2.45, 2.75) is 26.2 Å². The fourth-order valence-electron chi connectivity index (χ4n) is 2.58. The average molecular weight is 388 g/mol. The van der Waals surface area contributed by atoms with Crippen molar-refractivity contribution >= 4 is 32.7 Å². The van der Waals surface area contributed by atoms with Crippen LogP contribution in [0.2, 0.25) is 0 Å². The largest absolute Gasteiger partial charge is 0.369 e. The summed E-state index contributed by atoms with van der Waals surface area (Å²) < 4.78 is 27.8. The van der Waals surface area contributed by atoms with Crippen LogP contribution in [0, 0.1) is 0 Å². The van der Waals surface area contributed by atoms with E-state index in [0.29, 0.717) is 18.1 Å². The molecule has 1 aromatic heterocycles. The van der Waals surface area contributed by atoms with Crippen LogP contribution in [0.5, 0.6) is 0 Å². The van der Waals surface area contributed by atoms with Crippen LogP contribution in [0.4, 0.5) is 5.69 Å². The number of nitrogens with two attached hydrogens (primary N) is 1. The van der Waals surface area contributed by atoms with E-state index in [4.69, 9.17) is 10.3 Å². The van der Waals surface area contributed by atoms with Crippen molar-refractivity contribution in [2.24, 2.45) is 10.7 Å². The summed E-state index contributed by atoms with van der Waals surface area (Å²) in [5, 5.41) is 1.16. The molecule has 3 rings (SSSR count). The van der Waals surface area contributed by atoms with E-state index in [1.165, 1.54) is 5.56 Å². The standard InChI is InChI=1S/C19H21N3.CH4O3S/c1-3-14(2)15-8-10-17(11-9-15)21-19(20)22-13-12-16-6-4-5-7-18(16)22;1-5(2,3)4/h4-14H,3H2,1-2H3,(H2,20,21);1H3,(H,2,3,4). The lowest BCUT2D eigenvalue weighted by Gasteiger charge is -2.09. The van der Waals surface area contributed by atoms with Crippen LogP contribution in [-0.4, -0.2) is 29.8 Å². The van der Waals surface area contributed by atoms with Gasteiger partial charge in [0.2, 0.25) is 5.96 Å². The van der Waals surface area contributed by atoms with Crippen molar-refractivity contribution in [3.05, 3.63) is 66.4 Å². The van der Waals surface area contributed by atoms with Gasteiger partial charge in [-0.25, -0.2) is 4.99 Å². The zero-order chi connectivity index (χ0) is 20.0. The van der Waals surface area contributed by atoms with E-state index >= 15 is 0 Å². The lowest BCUT2D eigenvalue weighted by molar-refractivity contribution is 0.490. The maximum Gasteiger partial charge on any atom is 0.261 e. The highest BCUT2D eigenvalue weighted by atomic mass is 32.2. The van der Waals surface area contributed by atoms with Crippen LogP contribution in [0.25, 0.3) is 10.9 Å². The Labute approximate surface area is 160 Å². The number of hydrogen-bond donors (Lipinski definition) is 2. The number of rotatable bonds is 3. The van der Waals surface area contributed by atoms with Gasteiger partial charge >= 0.3 is 0 Å². The highest BCUT2D eigenvalue weighted by Crippen LogP contribution is 2.22. The number of aromatic nitrogens is 1. The third-order valence-electron chi connectivity index (χ3n) is 4.16. The molecule has 0 aliphatic carbocycles.